The fourth-order valence-electron chi connectivity index (χ4n) is 5.86. The highest BCUT2D eigenvalue weighted by atomic mass is 35.5. The van der Waals surface area contributed by atoms with E-state index in [1.54, 1.807) is 19.2 Å². The molecule has 2 N–H and O–H groups in total. The van der Waals surface area contributed by atoms with E-state index in [9.17, 15) is 19.8 Å². The van der Waals surface area contributed by atoms with E-state index in [4.69, 9.17) is 16.3 Å². The van der Waals surface area contributed by atoms with E-state index < -0.39 is 5.97 Å². The first-order valence-electron chi connectivity index (χ1n) is 12.6. The third-order valence-corrected chi connectivity index (χ3v) is 7.81. The fraction of sp³-hybridized carbons (Fsp3) is 0.379. The van der Waals surface area contributed by atoms with Gasteiger partial charge in [0.15, 0.2) is 0 Å². The van der Waals surface area contributed by atoms with Crippen LogP contribution >= 0.6 is 11.6 Å². The lowest BCUT2D eigenvalue weighted by molar-refractivity contribution is 0.0458. The number of carbonyl (C=O) groups excluding carboxylic acids is 1. The zero-order valence-corrected chi connectivity index (χ0v) is 21.9. The van der Waals surface area contributed by atoms with Crippen LogP contribution in [0.3, 0.4) is 0 Å². The predicted molar refractivity (Wildman–Crippen MR) is 141 cm³/mol. The van der Waals surface area contributed by atoms with Crippen molar-refractivity contribution < 1.29 is 24.5 Å². The van der Waals surface area contributed by atoms with Crippen LogP contribution in [-0.4, -0.2) is 50.8 Å². The summed E-state index contributed by atoms with van der Waals surface area (Å²) in [5, 5.41) is 20.3. The van der Waals surface area contributed by atoms with Gasteiger partial charge in [-0.3, -0.25) is 4.79 Å². The van der Waals surface area contributed by atoms with Crippen LogP contribution in [0.25, 0.3) is 11.3 Å². The summed E-state index contributed by atoms with van der Waals surface area (Å²) >= 11 is 6.21. The molecule has 2 aromatic carbocycles. The smallest absolute Gasteiger partial charge is 0.335 e. The van der Waals surface area contributed by atoms with Gasteiger partial charge in [0.2, 0.25) is 0 Å². The van der Waals surface area contributed by atoms with Crippen molar-refractivity contribution in [2.45, 2.75) is 63.8 Å². The quantitative estimate of drug-likeness (QED) is 0.417. The molecule has 194 valence electrons. The molecular weight excluding hydrogens is 492 g/mol. The predicted octanol–water partition coefficient (Wildman–Crippen LogP) is 5.94. The number of hydrogen-bond donors (Lipinski definition) is 2. The minimum absolute atomic E-state index is 0.0120. The molecule has 1 aromatic heterocycles. The molecule has 2 aliphatic rings. The molecule has 1 saturated carbocycles. The number of rotatable bonds is 6. The molecule has 1 aliphatic carbocycles. The summed E-state index contributed by atoms with van der Waals surface area (Å²) in [5.74, 6) is -0.540. The van der Waals surface area contributed by atoms with Gasteiger partial charge >= 0.3 is 5.97 Å². The number of methoxy groups -OCH3 is 1. The number of aliphatic hydroxyl groups is 1. The Balaban J connectivity index is 1.72. The molecule has 0 bridgehead atoms. The average molecular weight is 523 g/mol. The van der Waals surface area contributed by atoms with Gasteiger partial charge in [0, 0.05) is 22.7 Å². The number of carboxylic acid groups (broad SMARTS) is 1. The lowest BCUT2D eigenvalue weighted by Gasteiger charge is -2.38. The zero-order chi connectivity index (χ0) is 26.4. The third kappa shape index (κ3) is 4.40. The summed E-state index contributed by atoms with van der Waals surface area (Å²) < 4.78 is 7.74. The third-order valence-electron chi connectivity index (χ3n) is 7.56. The molecule has 5 rings (SSSR count). The Kier molecular flexibility index (Phi) is 6.77. The van der Waals surface area contributed by atoms with Crippen molar-refractivity contribution in [1.82, 2.24) is 9.47 Å². The maximum atomic E-state index is 14.1. The van der Waals surface area contributed by atoms with Crippen LogP contribution in [-0.2, 0) is 0 Å². The molecule has 1 aliphatic heterocycles. The van der Waals surface area contributed by atoms with Crippen molar-refractivity contribution in [2.24, 2.45) is 0 Å². The van der Waals surface area contributed by atoms with E-state index in [1.807, 2.05) is 35.2 Å². The standard InChI is InChI=1S/C29H31ClN2O5/c1-16(2)31-24(22-14-18(29(35)36)6-13-25(22)37-3)15-23-27(31)26(17-4-7-19(30)8-5-17)32(28(23)34)20-9-11-21(33)12-10-20/h4-8,13-16,20-21,26,33H,9-12H2,1-3H3,(H,35,36). The normalized spacial score (nSPS) is 21.4. The van der Waals surface area contributed by atoms with Gasteiger partial charge in [-0.05, 0) is 81.5 Å². The SMILES string of the molecule is COc1ccc(C(=O)O)cc1-c1cc2c(n1C(C)C)C(c1ccc(Cl)cc1)N(C1CCC(O)CC1)C2=O. The molecule has 2 heterocycles. The van der Waals surface area contributed by atoms with Gasteiger partial charge in [0.25, 0.3) is 5.91 Å². The minimum atomic E-state index is -1.03. The maximum absolute atomic E-state index is 14.1. The van der Waals surface area contributed by atoms with Gasteiger partial charge in [0.1, 0.15) is 5.75 Å². The molecule has 1 amide bonds. The van der Waals surface area contributed by atoms with Gasteiger partial charge < -0.3 is 24.4 Å². The summed E-state index contributed by atoms with van der Waals surface area (Å²) in [6, 6.07) is 13.9. The summed E-state index contributed by atoms with van der Waals surface area (Å²) in [6.45, 7) is 4.11. The van der Waals surface area contributed by atoms with Crippen LogP contribution in [0.2, 0.25) is 5.02 Å². The van der Waals surface area contributed by atoms with Crippen LogP contribution in [0.15, 0.2) is 48.5 Å². The second-order valence-corrected chi connectivity index (χ2v) is 10.6. The van der Waals surface area contributed by atoms with E-state index in [1.165, 1.54) is 6.07 Å². The van der Waals surface area contributed by atoms with Crippen LogP contribution in [0.4, 0.5) is 0 Å². The first-order valence-corrected chi connectivity index (χ1v) is 13.0. The van der Waals surface area contributed by atoms with Crippen LogP contribution in [0.5, 0.6) is 5.75 Å². The van der Waals surface area contributed by atoms with Gasteiger partial charge in [0.05, 0.1) is 41.8 Å². The van der Waals surface area contributed by atoms with E-state index in [2.05, 4.69) is 18.4 Å². The lowest BCUT2D eigenvalue weighted by atomic mass is 9.90. The zero-order valence-electron chi connectivity index (χ0n) is 21.1. The van der Waals surface area contributed by atoms with E-state index in [0.29, 0.717) is 34.7 Å². The van der Waals surface area contributed by atoms with E-state index in [0.717, 1.165) is 29.8 Å². The number of carbonyl (C=O) groups is 2. The Hall–Kier alpha value is -3.29. The van der Waals surface area contributed by atoms with E-state index >= 15 is 0 Å². The summed E-state index contributed by atoms with van der Waals surface area (Å²) in [6.07, 6.45) is 2.49. The highest BCUT2D eigenvalue weighted by molar-refractivity contribution is 6.30. The number of fused-ring (bicyclic) bond motifs is 1. The molecule has 0 spiro atoms. The molecule has 1 fully saturated rings. The number of carboxylic acids is 1. The fourth-order valence-corrected chi connectivity index (χ4v) is 5.99. The van der Waals surface area contributed by atoms with Crippen molar-refractivity contribution in [2.75, 3.05) is 7.11 Å². The van der Waals surface area contributed by atoms with Gasteiger partial charge in [-0.1, -0.05) is 23.7 Å². The monoisotopic (exact) mass is 522 g/mol. The molecule has 3 aromatic rings. The molecule has 1 atom stereocenters. The number of amides is 1. The molecule has 8 heteroatoms. The molecule has 0 radical (unpaired) electrons. The van der Waals surface area contributed by atoms with Gasteiger partial charge in [-0.15, -0.1) is 0 Å². The summed E-state index contributed by atoms with van der Waals surface area (Å²) in [7, 11) is 1.55. The Labute approximate surface area is 221 Å². The number of hydrogen-bond acceptors (Lipinski definition) is 4. The number of halogens is 1. The number of aromatic carboxylic acids is 1. The second kappa shape index (κ2) is 9.88. The largest absolute Gasteiger partial charge is 0.496 e. The highest BCUT2D eigenvalue weighted by Crippen LogP contribution is 2.48. The van der Waals surface area contributed by atoms with Crippen molar-refractivity contribution in [1.29, 1.82) is 0 Å². The maximum Gasteiger partial charge on any atom is 0.335 e. The molecular formula is C29H31ClN2O5. The lowest BCUT2D eigenvalue weighted by Crippen LogP contribution is -2.42. The Morgan fingerprint density at radius 2 is 1.70 bits per heavy atom. The summed E-state index contributed by atoms with van der Waals surface area (Å²) in [5.41, 5.74) is 3.96. The van der Waals surface area contributed by atoms with E-state index in [-0.39, 0.29) is 35.7 Å². The molecule has 37 heavy (non-hydrogen) atoms. The van der Waals surface area contributed by atoms with Crippen molar-refractivity contribution in [3.8, 4) is 17.0 Å². The van der Waals surface area contributed by atoms with Crippen LogP contribution < -0.4 is 4.74 Å². The van der Waals surface area contributed by atoms with Crippen LogP contribution in [0, 0.1) is 0 Å². The topological polar surface area (TPSA) is 92.0 Å². The van der Waals surface area contributed by atoms with Crippen molar-refractivity contribution >= 4 is 23.5 Å². The number of nitrogens with zero attached hydrogens (tertiary/aromatic N) is 2. The number of aromatic nitrogens is 1. The number of ether oxygens (including phenoxy) is 1. The van der Waals surface area contributed by atoms with Crippen LogP contribution in [0.1, 0.15) is 83.6 Å². The molecule has 7 nitrogen and oxygen atoms in total. The number of aliphatic hydroxyl groups excluding tert-OH is 1. The first-order chi connectivity index (χ1) is 17.7. The second-order valence-electron chi connectivity index (χ2n) is 10.1. The molecule has 0 saturated heterocycles. The van der Waals surface area contributed by atoms with Gasteiger partial charge in [-0.2, -0.15) is 0 Å². The molecule has 1 unspecified atom stereocenters. The Morgan fingerprint density at radius 3 is 2.30 bits per heavy atom. The highest BCUT2D eigenvalue weighted by Gasteiger charge is 2.46. The summed E-state index contributed by atoms with van der Waals surface area (Å²) in [4.78, 5) is 27.8. The average Bonchev–Trinajstić information content (AvgIpc) is 3.40. The van der Waals surface area contributed by atoms with Gasteiger partial charge in [-0.25, -0.2) is 4.79 Å². The Bertz CT molecular complexity index is 1340. The van der Waals surface area contributed by atoms with Crippen molar-refractivity contribution in [3.63, 3.8) is 0 Å². The minimum Gasteiger partial charge on any atom is -0.496 e. The first kappa shape index (κ1) is 25.4. The Morgan fingerprint density at radius 1 is 1.03 bits per heavy atom. The number of benzene rings is 2. The van der Waals surface area contributed by atoms with Crippen molar-refractivity contribution in [3.05, 3.63) is 75.9 Å².